The Bertz CT molecular complexity index is 596. The molecule has 0 aliphatic heterocycles. The molecule has 0 aromatic carbocycles. The van der Waals surface area contributed by atoms with Crippen LogP contribution in [-0.4, -0.2) is 21.8 Å². The molecule has 0 saturated carbocycles. The molecule has 1 N–H and O–H groups in total. The van der Waals surface area contributed by atoms with E-state index in [0.717, 1.165) is 17.1 Å². The molecule has 1 unspecified atom stereocenters. The molecular formula is C14H20N4S. The molecule has 0 bridgehead atoms. The summed E-state index contributed by atoms with van der Waals surface area (Å²) in [5.41, 5.74) is 2.55. The van der Waals surface area contributed by atoms with Crippen molar-refractivity contribution in [2.24, 2.45) is 12.5 Å². The van der Waals surface area contributed by atoms with Crippen LogP contribution in [0.3, 0.4) is 0 Å². The SMILES string of the molecule is CNC1CC(C)(C)Cc2nc(-c3ccn(C)n3)sc21. The highest BCUT2D eigenvalue weighted by molar-refractivity contribution is 7.15. The second kappa shape index (κ2) is 4.42. The average Bonchev–Trinajstić information content (AvgIpc) is 2.92. The second-order valence-corrected chi connectivity index (χ2v) is 7.12. The van der Waals surface area contributed by atoms with E-state index in [0.29, 0.717) is 11.5 Å². The number of rotatable bonds is 2. The molecule has 1 atom stereocenters. The van der Waals surface area contributed by atoms with Crippen molar-refractivity contribution in [1.29, 1.82) is 0 Å². The topological polar surface area (TPSA) is 42.7 Å². The molecule has 0 spiro atoms. The molecule has 3 rings (SSSR count). The van der Waals surface area contributed by atoms with E-state index in [-0.39, 0.29) is 0 Å². The molecule has 5 heteroatoms. The summed E-state index contributed by atoms with van der Waals surface area (Å²) >= 11 is 1.79. The Hall–Kier alpha value is -1.20. The summed E-state index contributed by atoms with van der Waals surface area (Å²) in [7, 11) is 3.98. The predicted octanol–water partition coefficient (Wildman–Crippen LogP) is 2.78. The molecular weight excluding hydrogens is 256 g/mol. The zero-order valence-corrected chi connectivity index (χ0v) is 12.7. The predicted molar refractivity (Wildman–Crippen MR) is 78.2 cm³/mol. The molecule has 2 heterocycles. The molecule has 102 valence electrons. The molecule has 1 aliphatic rings. The van der Waals surface area contributed by atoms with Gasteiger partial charge in [-0.25, -0.2) is 4.98 Å². The van der Waals surface area contributed by atoms with Gasteiger partial charge in [-0.2, -0.15) is 5.10 Å². The van der Waals surface area contributed by atoms with Crippen LogP contribution < -0.4 is 5.32 Å². The van der Waals surface area contributed by atoms with Gasteiger partial charge in [0, 0.05) is 24.2 Å². The van der Waals surface area contributed by atoms with Crippen LogP contribution in [0.15, 0.2) is 12.3 Å². The van der Waals surface area contributed by atoms with E-state index >= 15 is 0 Å². The van der Waals surface area contributed by atoms with Crippen molar-refractivity contribution in [2.75, 3.05) is 7.05 Å². The number of aryl methyl sites for hydroxylation is 1. The van der Waals surface area contributed by atoms with Crippen LogP contribution in [0.1, 0.15) is 36.9 Å². The van der Waals surface area contributed by atoms with Crippen molar-refractivity contribution < 1.29 is 0 Å². The zero-order chi connectivity index (χ0) is 13.6. The fourth-order valence-electron chi connectivity index (χ4n) is 2.81. The van der Waals surface area contributed by atoms with E-state index in [1.807, 2.05) is 31.0 Å². The van der Waals surface area contributed by atoms with Gasteiger partial charge in [0.1, 0.15) is 10.7 Å². The first kappa shape index (κ1) is 12.8. The normalized spacial score (nSPS) is 21.4. The van der Waals surface area contributed by atoms with Gasteiger partial charge in [0.25, 0.3) is 0 Å². The van der Waals surface area contributed by atoms with Gasteiger partial charge < -0.3 is 5.32 Å². The third-order valence-corrected chi connectivity index (χ3v) is 4.96. The van der Waals surface area contributed by atoms with Gasteiger partial charge in [-0.3, -0.25) is 4.68 Å². The lowest BCUT2D eigenvalue weighted by atomic mass is 9.76. The van der Waals surface area contributed by atoms with Crippen LogP contribution in [-0.2, 0) is 13.5 Å². The van der Waals surface area contributed by atoms with E-state index in [4.69, 9.17) is 4.98 Å². The summed E-state index contributed by atoms with van der Waals surface area (Å²) in [6, 6.07) is 2.46. The number of fused-ring (bicyclic) bond motifs is 1. The van der Waals surface area contributed by atoms with Crippen LogP contribution in [0.4, 0.5) is 0 Å². The fraction of sp³-hybridized carbons (Fsp3) is 0.571. The lowest BCUT2D eigenvalue weighted by molar-refractivity contribution is 0.265. The monoisotopic (exact) mass is 276 g/mol. The number of aromatic nitrogens is 3. The number of nitrogens with one attached hydrogen (secondary N) is 1. The van der Waals surface area contributed by atoms with E-state index in [1.54, 1.807) is 11.3 Å². The van der Waals surface area contributed by atoms with Gasteiger partial charge in [-0.1, -0.05) is 13.8 Å². The first-order valence-corrected chi connectivity index (χ1v) is 7.47. The quantitative estimate of drug-likeness (QED) is 0.917. The van der Waals surface area contributed by atoms with E-state index < -0.39 is 0 Å². The minimum atomic E-state index is 0.316. The standard InChI is InChI=1S/C14H20N4S/c1-14(2)7-10(15-3)12-11(8-14)16-13(19-12)9-5-6-18(4)17-9/h5-6,10,15H,7-8H2,1-4H3. The summed E-state index contributed by atoms with van der Waals surface area (Å²) < 4.78 is 1.83. The molecule has 2 aromatic heterocycles. The first-order chi connectivity index (χ1) is 8.98. The van der Waals surface area contributed by atoms with Crippen molar-refractivity contribution in [2.45, 2.75) is 32.7 Å². The van der Waals surface area contributed by atoms with Crippen molar-refractivity contribution in [1.82, 2.24) is 20.1 Å². The summed E-state index contributed by atoms with van der Waals surface area (Å²) in [6.07, 6.45) is 4.19. The summed E-state index contributed by atoms with van der Waals surface area (Å²) in [5.74, 6) is 0. The lowest BCUT2D eigenvalue weighted by Gasteiger charge is -2.34. The highest BCUT2D eigenvalue weighted by atomic mass is 32.1. The highest BCUT2D eigenvalue weighted by Gasteiger charge is 2.34. The molecule has 4 nitrogen and oxygen atoms in total. The number of hydrogen-bond donors (Lipinski definition) is 1. The van der Waals surface area contributed by atoms with Gasteiger partial charge in [0.2, 0.25) is 0 Å². The Morgan fingerprint density at radius 1 is 1.47 bits per heavy atom. The van der Waals surface area contributed by atoms with Gasteiger partial charge in [-0.15, -0.1) is 11.3 Å². The minimum absolute atomic E-state index is 0.316. The van der Waals surface area contributed by atoms with Crippen molar-refractivity contribution in [3.05, 3.63) is 22.8 Å². The van der Waals surface area contributed by atoms with Crippen LogP contribution in [0.2, 0.25) is 0 Å². The summed E-state index contributed by atoms with van der Waals surface area (Å²) in [6.45, 7) is 4.64. The maximum absolute atomic E-state index is 4.83. The highest BCUT2D eigenvalue weighted by Crippen LogP contribution is 2.44. The molecule has 0 amide bonds. The van der Waals surface area contributed by atoms with Crippen LogP contribution in [0.5, 0.6) is 0 Å². The Kier molecular flexibility index (Phi) is 2.98. The third-order valence-electron chi connectivity index (χ3n) is 3.73. The maximum atomic E-state index is 4.83. The van der Waals surface area contributed by atoms with Crippen LogP contribution >= 0.6 is 11.3 Å². The van der Waals surface area contributed by atoms with Gasteiger partial charge in [-0.05, 0) is 31.4 Å². The van der Waals surface area contributed by atoms with Gasteiger partial charge >= 0.3 is 0 Å². The van der Waals surface area contributed by atoms with Crippen LogP contribution in [0.25, 0.3) is 10.7 Å². The molecule has 0 fully saturated rings. The summed E-state index contributed by atoms with van der Waals surface area (Å²) in [5, 5.41) is 8.93. The molecule has 19 heavy (non-hydrogen) atoms. The minimum Gasteiger partial charge on any atom is -0.312 e. The maximum Gasteiger partial charge on any atom is 0.144 e. The number of nitrogens with zero attached hydrogens (tertiary/aromatic N) is 3. The Balaban J connectivity index is 2.02. The largest absolute Gasteiger partial charge is 0.312 e. The Morgan fingerprint density at radius 2 is 2.26 bits per heavy atom. The smallest absolute Gasteiger partial charge is 0.144 e. The fourth-order valence-corrected chi connectivity index (χ4v) is 3.96. The molecule has 0 saturated heterocycles. The Labute approximate surface area is 117 Å². The van der Waals surface area contributed by atoms with Crippen molar-refractivity contribution in [3.8, 4) is 10.7 Å². The average molecular weight is 276 g/mol. The lowest BCUT2D eigenvalue weighted by Crippen LogP contribution is -2.30. The zero-order valence-electron chi connectivity index (χ0n) is 11.9. The number of thiazole rings is 1. The first-order valence-electron chi connectivity index (χ1n) is 6.65. The third kappa shape index (κ3) is 2.32. The molecule has 1 aliphatic carbocycles. The summed E-state index contributed by atoms with van der Waals surface area (Å²) in [4.78, 5) is 6.22. The molecule has 0 radical (unpaired) electrons. The van der Waals surface area contributed by atoms with Gasteiger partial charge in [0.15, 0.2) is 0 Å². The van der Waals surface area contributed by atoms with E-state index in [1.165, 1.54) is 17.0 Å². The van der Waals surface area contributed by atoms with Crippen molar-refractivity contribution >= 4 is 11.3 Å². The van der Waals surface area contributed by atoms with Crippen molar-refractivity contribution in [3.63, 3.8) is 0 Å². The number of hydrogen-bond acceptors (Lipinski definition) is 4. The second-order valence-electron chi connectivity index (χ2n) is 6.09. The molecule has 2 aromatic rings. The Morgan fingerprint density at radius 3 is 2.89 bits per heavy atom. The van der Waals surface area contributed by atoms with E-state index in [9.17, 15) is 0 Å². The van der Waals surface area contributed by atoms with Crippen LogP contribution in [0, 0.1) is 5.41 Å². The van der Waals surface area contributed by atoms with E-state index in [2.05, 4.69) is 24.3 Å². The van der Waals surface area contributed by atoms with Gasteiger partial charge in [0.05, 0.1) is 5.69 Å².